The number of aryl methyl sites for hydroxylation is 1. The monoisotopic (exact) mass is 269 g/mol. The molecule has 0 radical (unpaired) electrons. The van der Waals surface area contributed by atoms with Crippen molar-refractivity contribution in [3.8, 4) is 0 Å². The lowest BCUT2D eigenvalue weighted by atomic mass is 10.3. The van der Waals surface area contributed by atoms with E-state index in [4.69, 9.17) is 23.2 Å². The molecule has 1 aromatic heterocycles. The molecule has 4 N–H and O–H groups in total. The molecule has 2 rings (SSSR count). The van der Waals surface area contributed by atoms with Gasteiger partial charge in [-0.3, -0.25) is 0 Å². The molecule has 0 amide bonds. The van der Waals surface area contributed by atoms with Gasteiger partial charge in [0.2, 0.25) is 5.16 Å². The van der Waals surface area contributed by atoms with E-state index in [2.05, 4.69) is 10.2 Å². The van der Waals surface area contributed by atoms with Crippen molar-refractivity contribution < 1.29 is 0 Å². The normalized spacial score (nSPS) is 10.7. The maximum atomic E-state index is 5.86. The zero-order valence-corrected chi connectivity index (χ0v) is 10.8. The van der Waals surface area contributed by atoms with Crippen molar-refractivity contribution in [3.63, 3.8) is 0 Å². The van der Waals surface area contributed by atoms with Crippen LogP contribution in [0, 0.1) is 0 Å². The second-order valence-electron chi connectivity index (χ2n) is 3.41. The van der Waals surface area contributed by atoms with Crippen LogP contribution >= 0.6 is 23.4 Å². The minimum absolute atomic E-state index is 0.601. The molecule has 2 aromatic rings. The summed E-state index contributed by atoms with van der Waals surface area (Å²) in [7, 11) is 0. The highest BCUT2D eigenvalue weighted by atomic mass is 35.5. The standard InChI is InChI=1S/C10H12ClN5S/c1-2-9-14-15-10(16(9)13)17-8-4-3-6(11)5-7(8)12/h3-5H,2,12-13H2,1H3. The molecule has 1 aromatic carbocycles. The molecule has 0 saturated carbocycles. The molecule has 0 saturated heterocycles. The number of aromatic nitrogens is 3. The topological polar surface area (TPSA) is 82.8 Å². The fourth-order valence-electron chi connectivity index (χ4n) is 1.33. The zero-order chi connectivity index (χ0) is 12.4. The van der Waals surface area contributed by atoms with Crippen molar-refractivity contribution in [2.45, 2.75) is 23.4 Å². The third-order valence-corrected chi connectivity index (χ3v) is 3.51. The van der Waals surface area contributed by atoms with Gasteiger partial charge < -0.3 is 11.6 Å². The molecular weight excluding hydrogens is 258 g/mol. The Kier molecular flexibility index (Phi) is 3.44. The van der Waals surface area contributed by atoms with E-state index in [-0.39, 0.29) is 0 Å². The van der Waals surface area contributed by atoms with Gasteiger partial charge in [0.05, 0.1) is 0 Å². The Bertz CT molecular complexity index is 539. The maximum Gasteiger partial charge on any atom is 0.214 e. The number of halogens is 1. The van der Waals surface area contributed by atoms with E-state index in [0.29, 0.717) is 15.9 Å². The Morgan fingerprint density at radius 2 is 2.18 bits per heavy atom. The third-order valence-electron chi connectivity index (χ3n) is 2.22. The summed E-state index contributed by atoms with van der Waals surface area (Å²) in [6, 6.07) is 5.31. The average molecular weight is 270 g/mol. The first kappa shape index (κ1) is 12.1. The van der Waals surface area contributed by atoms with E-state index in [9.17, 15) is 0 Å². The first-order valence-electron chi connectivity index (χ1n) is 5.04. The lowest BCUT2D eigenvalue weighted by Gasteiger charge is -2.05. The molecule has 17 heavy (non-hydrogen) atoms. The average Bonchev–Trinajstić information content (AvgIpc) is 2.64. The smallest absolute Gasteiger partial charge is 0.214 e. The molecule has 0 fully saturated rings. The number of hydrogen-bond donors (Lipinski definition) is 2. The molecule has 0 aliphatic rings. The zero-order valence-electron chi connectivity index (χ0n) is 9.22. The van der Waals surface area contributed by atoms with Gasteiger partial charge in [-0.25, -0.2) is 4.68 Å². The van der Waals surface area contributed by atoms with Crippen molar-refractivity contribution in [2.24, 2.45) is 0 Å². The van der Waals surface area contributed by atoms with E-state index in [0.717, 1.165) is 17.1 Å². The van der Waals surface area contributed by atoms with Crippen LogP contribution in [0.1, 0.15) is 12.7 Å². The van der Waals surface area contributed by atoms with E-state index < -0.39 is 0 Å². The minimum Gasteiger partial charge on any atom is -0.398 e. The van der Waals surface area contributed by atoms with Gasteiger partial charge in [-0.2, -0.15) is 0 Å². The van der Waals surface area contributed by atoms with Gasteiger partial charge in [0, 0.05) is 22.0 Å². The van der Waals surface area contributed by atoms with Gasteiger partial charge in [-0.05, 0) is 30.0 Å². The van der Waals surface area contributed by atoms with Crippen LogP contribution in [0.25, 0.3) is 0 Å². The Labute approximate surface area is 108 Å². The fraction of sp³-hybridized carbons (Fsp3) is 0.200. The van der Waals surface area contributed by atoms with Crippen LogP contribution in [-0.4, -0.2) is 14.9 Å². The molecular formula is C10H12ClN5S. The predicted molar refractivity (Wildman–Crippen MR) is 69.5 cm³/mol. The molecule has 0 aliphatic heterocycles. The van der Waals surface area contributed by atoms with Crippen molar-refractivity contribution in [1.82, 2.24) is 14.9 Å². The van der Waals surface area contributed by atoms with E-state index in [1.54, 1.807) is 12.1 Å². The molecule has 0 bridgehead atoms. The molecule has 0 atom stereocenters. The quantitative estimate of drug-likeness (QED) is 0.657. The number of nitrogens with two attached hydrogens (primary N) is 2. The number of benzene rings is 1. The van der Waals surface area contributed by atoms with Gasteiger partial charge in [0.25, 0.3) is 0 Å². The van der Waals surface area contributed by atoms with Crippen molar-refractivity contribution >= 4 is 29.1 Å². The molecule has 1 heterocycles. The summed E-state index contributed by atoms with van der Waals surface area (Å²) < 4.78 is 1.47. The summed E-state index contributed by atoms with van der Waals surface area (Å²) in [5.41, 5.74) is 6.46. The van der Waals surface area contributed by atoms with Crippen LogP contribution in [0.2, 0.25) is 5.02 Å². The fourth-order valence-corrected chi connectivity index (χ4v) is 2.30. The van der Waals surface area contributed by atoms with Crippen molar-refractivity contribution in [2.75, 3.05) is 11.6 Å². The van der Waals surface area contributed by atoms with Crippen LogP contribution in [0.4, 0.5) is 5.69 Å². The SMILES string of the molecule is CCc1nnc(Sc2ccc(Cl)cc2N)n1N. The summed E-state index contributed by atoms with van der Waals surface area (Å²) in [6.45, 7) is 1.97. The lowest BCUT2D eigenvalue weighted by molar-refractivity contribution is 0.796. The largest absolute Gasteiger partial charge is 0.398 e. The molecule has 90 valence electrons. The number of nitrogen functional groups attached to an aromatic ring is 2. The highest BCUT2D eigenvalue weighted by Gasteiger charge is 2.11. The number of hydrogen-bond acceptors (Lipinski definition) is 5. The maximum absolute atomic E-state index is 5.86. The second-order valence-corrected chi connectivity index (χ2v) is 4.85. The van der Waals surface area contributed by atoms with E-state index in [1.807, 2.05) is 13.0 Å². The first-order valence-corrected chi connectivity index (χ1v) is 6.23. The summed E-state index contributed by atoms with van der Waals surface area (Å²) in [6.07, 6.45) is 0.736. The van der Waals surface area contributed by atoms with E-state index in [1.165, 1.54) is 16.4 Å². The highest BCUT2D eigenvalue weighted by molar-refractivity contribution is 7.99. The molecule has 0 aliphatic carbocycles. The summed E-state index contributed by atoms with van der Waals surface area (Å²) in [4.78, 5) is 0.858. The lowest BCUT2D eigenvalue weighted by Crippen LogP contribution is -2.13. The van der Waals surface area contributed by atoms with Gasteiger partial charge in [-0.1, -0.05) is 18.5 Å². The molecule has 0 spiro atoms. The number of rotatable bonds is 3. The summed E-state index contributed by atoms with van der Waals surface area (Å²) in [5, 5.41) is 9.20. The Balaban J connectivity index is 2.28. The second kappa shape index (κ2) is 4.85. The Morgan fingerprint density at radius 1 is 1.41 bits per heavy atom. The Morgan fingerprint density at radius 3 is 2.76 bits per heavy atom. The van der Waals surface area contributed by atoms with Gasteiger partial charge in [0.1, 0.15) is 0 Å². The molecule has 7 heteroatoms. The summed E-state index contributed by atoms with van der Waals surface area (Å²) in [5.74, 6) is 6.58. The van der Waals surface area contributed by atoms with Gasteiger partial charge in [-0.15, -0.1) is 10.2 Å². The minimum atomic E-state index is 0.601. The van der Waals surface area contributed by atoms with Crippen LogP contribution in [0.5, 0.6) is 0 Å². The van der Waals surface area contributed by atoms with Gasteiger partial charge >= 0.3 is 0 Å². The van der Waals surface area contributed by atoms with Crippen LogP contribution in [-0.2, 0) is 6.42 Å². The molecule has 0 unspecified atom stereocenters. The number of nitrogens with zero attached hydrogens (tertiary/aromatic N) is 3. The van der Waals surface area contributed by atoms with Crippen molar-refractivity contribution in [3.05, 3.63) is 29.0 Å². The van der Waals surface area contributed by atoms with E-state index >= 15 is 0 Å². The third kappa shape index (κ3) is 2.48. The van der Waals surface area contributed by atoms with Crippen LogP contribution in [0.15, 0.2) is 28.3 Å². The van der Waals surface area contributed by atoms with Crippen molar-refractivity contribution in [1.29, 1.82) is 0 Å². The number of anilines is 1. The molecule has 5 nitrogen and oxygen atoms in total. The Hall–Kier alpha value is -1.40. The van der Waals surface area contributed by atoms with Crippen LogP contribution in [0.3, 0.4) is 0 Å². The first-order chi connectivity index (χ1) is 8.11. The highest BCUT2D eigenvalue weighted by Crippen LogP contribution is 2.32. The van der Waals surface area contributed by atoms with Gasteiger partial charge in [0.15, 0.2) is 5.82 Å². The van der Waals surface area contributed by atoms with Crippen LogP contribution < -0.4 is 11.6 Å². The summed E-state index contributed by atoms with van der Waals surface area (Å²) >= 11 is 7.20. The predicted octanol–water partition coefficient (Wildman–Crippen LogP) is 1.94.